The maximum absolute atomic E-state index is 13.7. The molecule has 0 fully saturated rings. The molecule has 0 unspecified atom stereocenters. The minimum absolute atomic E-state index is 0.191. The van der Waals surface area contributed by atoms with Crippen molar-refractivity contribution in [2.45, 2.75) is 30.0 Å². The minimum Gasteiger partial charge on any atom is -0.301 e. The summed E-state index contributed by atoms with van der Waals surface area (Å²) in [5.74, 6) is 1.70. The first-order valence-corrected chi connectivity index (χ1v) is 9.35. The Bertz CT molecular complexity index is 673. The van der Waals surface area contributed by atoms with Crippen LogP contribution in [0.25, 0.3) is 0 Å². The lowest BCUT2D eigenvalue weighted by Gasteiger charge is -2.06. The van der Waals surface area contributed by atoms with Gasteiger partial charge in [0.25, 0.3) is 5.56 Å². The molecule has 0 aliphatic carbocycles. The quantitative estimate of drug-likeness (QED) is 0.449. The first-order chi connectivity index (χ1) is 10.6. The number of benzene rings is 1. The summed E-state index contributed by atoms with van der Waals surface area (Å²) >= 11 is 9.00. The van der Waals surface area contributed by atoms with E-state index in [1.165, 1.54) is 23.9 Å². The van der Waals surface area contributed by atoms with Gasteiger partial charge in [0.05, 0.1) is 5.69 Å². The molecule has 22 heavy (non-hydrogen) atoms. The third-order valence-corrected chi connectivity index (χ3v) is 5.24. The van der Waals surface area contributed by atoms with Crippen molar-refractivity contribution in [1.82, 2.24) is 9.97 Å². The van der Waals surface area contributed by atoms with Crippen LogP contribution in [0, 0.1) is 5.82 Å². The fourth-order valence-electron chi connectivity index (χ4n) is 1.76. The van der Waals surface area contributed by atoms with Crippen LogP contribution >= 0.6 is 35.1 Å². The maximum atomic E-state index is 13.7. The van der Waals surface area contributed by atoms with E-state index < -0.39 is 0 Å². The highest BCUT2D eigenvalue weighted by molar-refractivity contribution is 7.98. The molecule has 1 aromatic heterocycles. The van der Waals surface area contributed by atoms with Crippen LogP contribution in [-0.4, -0.2) is 15.7 Å². The number of aromatic nitrogens is 2. The second kappa shape index (κ2) is 8.60. The van der Waals surface area contributed by atoms with Gasteiger partial charge in [-0.1, -0.05) is 36.4 Å². The lowest BCUT2D eigenvalue weighted by molar-refractivity contribution is 0.617. The number of nitrogens with zero attached hydrogens (tertiary/aromatic N) is 1. The summed E-state index contributed by atoms with van der Waals surface area (Å²) in [6, 6.07) is 6.09. The SMILES string of the molecule is CCCSCc1cc(=O)[nH]c(SCc2c(F)cccc2Cl)n1. The van der Waals surface area contributed by atoms with Gasteiger partial charge in [-0.05, 0) is 24.3 Å². The van der Waals surface area contributed by atoms with Gasteiger partial charge in [-0.3, -0.25) is 4.79 Å². The van der Waals surface area contributed by atoms with E-state index in [2.05, 4.69) is 16.9 Å². The van der Waals surface area contributed by atoms with Crippen molar-refractivity contribution in [3.8, 4) is 0 Å². The number of nitrogens with one attached hydrogen (secondary N) is 1. The molecule has 0 atom stereocenters. The number of hydrogen-bond donors (Lipinski definition) is 1. The third-order valence-electron chi connectivity index (χ3n) is 2.79. The number of H-pyrrole nitrogens is 1. The Morgan fingerprint density at radius 1 is 1.36 bits per heavy atom. The monoisotopic (exact) mass is 358 g/mol. The van der Waals surface area contributed by atoms with Crippen LogP contribution in [0.5, 0.6) is 0 Å². The molecule has 0 bridgehead atoms. The van der Waals surface area contributed by atoms with Crippen LogP contribution in [0.3, 0.4) is 0 Å². The number of rotatable bonds is 7. The Labute approximate surface area is 142 Å². The first kappa shape index (κ1) is 17.4. The molecule has 0 saturated carbocycles. The molecule has 3 nitrogen and oxygen atoms in total. The molecule has 0 aliphatic rings. The molecule has 0 aliphatic heterocycles. The van der Waals surface area contributed by atoms with E-state index in [1.807, 2.05) is 0 Å². The molecule has 1 N–H and O–H groups in total. The van der Waals surface area contributed by atoms with Gasteiger partial charge in [-0.15, -0.1) is 0 Å². The van der Waals surface area contributed by atoms with E-state index in [9.17, 15) is 9.18 Å². The topological polar surface area (TPSA) is 45.8 Å². The second-order valence-electron chi connectivity index (χ2n) is 4.58. The maximum Gasteiger partial charge on any atom is 0.251 e. The summed E-state index contributed by atoms with van der Waals surface area (Å²) in [6.07, 6.45) is 1.08. The molecule has 0 saturated heterocycles. The lowest BCUT2D eigenvalue weighted by Crippen LogP contribution is -2.09. The van der Waals surface area contributed by atoms with Crippen LogP contribution in [0.15, 0.2) is 34.2 Å². The molecule has 0 spiro atoms. The van der Waals surface area contributed by atoms with E-state index in [0.29, 0.717) is 27.2 Å². The zero-order chi connectivity index (χ0) is 15.9. The third kappa shape index (κ3) is 5.04. The van der Waals surface area contributed by atoms with E-state index in [0.717, 1.165) is 17.9 Å². The lowest BCUT2D eigenvalue weighted by atomic mass is 10.2. The van der Waals surface area contributed by atoms with Crippen LogP contribution < -0.4 is 5.56 Å². The molecule has 2 aromatic rings. The smallest absolute Gasteiger partial charge is 0.251 e. The Kier molecular flexibility index (Phi) is 6.79. The molecule has 0 radical (unpaired) electrons. The van der Waals surface area contributed by atoms with Crippen LogP contribution in [0.2, 0.25) is 5.02 Å². The van der Waals surface area contributed by atoms with E-state index in [1.54, 1.807) is 23.9 Å². The average molecular weight is 359 g/mol. The van der Waals surface area contributed by atoms with Gasteiger partial charge in [0.2, 0.25) is 0 Å². The molecular formula is C15H16ClFN2OS2. The van der Waals surface area contributed by atoms with E-state index in [4.69, 9.17) is 11.6 Å². The summed E-state index contributed by atoms with van der Waals surface area (Å²) in [6.45, 7) is 2.11. The second-order valence-corrected chi connectivity index (χ2v) is 7.06. The number of aromatic amines is 1. The first-order valence-electron chi connectivity index (χ1n) is 6.84. The van der Waals surface area contributed by atoms with Crippen molar-refractivity contribution in [2.75, 3.05) is 5.75 Å². The van der Waals surface area contributed by atoms with Crippen molar-refractivity contribution in [3.05, 3.63) is 56.7 Å². The summed E-state index contributed by atoms with van der Waals surface area (Å²) in [5, 5.41) is 0.864. The average Bonchev–Trinajstić information content (AvgIpc) is 2.46. The zero-order valence-electron chi connectivity index (χ0n) is 12.1. The highest BCUT2D eigenvalue weighted by atomic mass is 35.5. The van der Waals surface area contributed by atoms with Gasteiger partial charge in [0.1, 0.15) is 5.82 Å². The van der Waals surface area contributed by atoms with Crippen LogP contribution in [-0.2, 0) is 11.5 Å². The highest BCUT2D eigenvalue weighted by Crippen LogP contribution is 2.26. The number of halogens is 2. The number of hydrogen-bond acceptors (Lipinski definition) is 4. The number of thioether (sulfide) groups is 2. The Morgan fingerprint density at radius 3 is 2.91 bits per heavy atom. The van der Waals surface area contributed by atoms with Crippen molar-refractivity contribution in [1.29, 1.82) is 0 Å². The fraction of sp³-hybridized carbons (Fsp3) is 0.333. The normalized spacial score (nSPS) is 10.9. The van der Waals surface area contributed by atoms with Crippen LogP contribution in [0.1, 0.15) is 24.6 Å². The van der Waals surface area contributed by atoms with Gasteiger partial charge >= 0.3 is 0 Å². The Balaban J connectivity index is 2.08. The largest absolute Gasteiger partial charge is 0.301 e. The highest BCUT2D eigenvalue weighted by Gasteiger charge is 2.09. The summed E-state index contributed by atoms with van der Waals surface area (Å²) in [5.41, 5.74) is 0.969. The molecule has 7 heteroatoms. The van der Waals surface area contributed by atoms with Gasteiger partial charge < -0.3 is 4.98 Å². The fourth-order valence-corrected chi connectivity index (χ4v) is 3.79. The minimum atomic E-state index is -0.350. The van der Waals surface area contributed by atoms with Gasteiger partial charge in [0, 0.05) is 28.2 Å². The van der Waals surface area contributed by atoms with Crippen LogP contribution in [0.4, 0.5) is 4.39 Å². The van der Waals surface area contributed by atoms with E-state index in [-0.39, 0.29) is 11.4 Å². The molecular weight excluding hydrogens is 343 g/mol. The van der Waals surface area contributed by atoms with E-state index >= 15 is 0 Å². The Hall–Kier alpha value is -0.980. The Morgan fingerprint density at radius 2 is 2.18 bits per heavy atom. The molecule has 118 valence electrons. The molecule has 1 heterocycles. The predicted octanol–water partition coefficient (Wildman–Crippen LogP) is 4.50. The molecule has 1 aromatic carbocycles. The van der Waals surface area contributed by atoms with Gasteiger partial charge in [0.15, 0.2) is 5.16 Å². The summed E-state index contributed by atoms with van der Waals surface area (Å²) < 4.78 is 13.7. The van der Waals surface area contributed by atoms with Crippen molar-refractivity contribution in [3.63, 3.8) is 0 Å². The summed E-state index contributed by atoms with van der Waals surface area (Å²) in [4.78, 5) is 18.7. The predicted molar refractivity (Wildman–Crippen MR) is 92.3 cm³/mol. The van der Waals surface area contributed by atoms with Crippen molar-refractivity contribution in [2.24, 2.45) is 0 Å². The zero-order valence-corrected chi connectivity index (χ0v) is 14.5. The van der Waals surface area contributed by atoms with Crippen molar-refractivity contribution >= 4 is 35.1 Å². The van der Waals surface area contributed by atoms with Crippen molar-refractivity contribution < 1.29 is 4.39 Å². The van der Waals surface area contributed by atoms with Gasteiger partial charge in [-0.25, -0.2) is 9.37 Å². The van der Waals surface area contributed by atoms with Gasteiger partial charge in [-0.2, -0.15) is 11.8 Å². The summed E-state index contributed by atoms with van der Waals surface area (Å²) in [7, 11) is 0. The molecule has 2 rings (SSSR count). The molecule has 0 amide bonds. The standard InChI is InChI=1S/C15H16ClFN2OS2/c1-2-6-21-8-10-7-14(20)19-15(18-10)22-9-11-12(16)4-3-5-13(11)17/h3-5,7H,2,6,8-9H2,1H3,(H,18,19,20).